The van der Waals surface area contributed by atoms with Gasteiger partial charge in [-0.25, -0.2) is 9.59 Å². The van der Waals surface area contributed by atoms with Gasteiger partial charge in [0.15, 0.2) is 0 Å². The smallest absolute Gasteiger partial charge is 0.345 e. The Balaban J connectivity index is 1.33. The predicted octanol–water partition coefficient (Wildman–Crippen LogP) is 15.9. The fourth-order valence-corrected chi connectivity index (χ4v) is 34.8. The molecule has 4 atom stereocenters. The zero-order chi connectivity index (χ0) is 50.9. The standard InChI is InChI=1S/C57H77NO6S5Si2/c1-10-18-22-34(14-5)30-70(31-35(15-6)23-19-11-2)42-26-38(65-50(42)52-44(70)28-40(67-52)56(61)62)48-46-47(55(60)58(9)54(46)59)49(69-48)39-27-43-51(66-39)53-45(29-41(68-53)57(63)64)71(43,32-36(16-7)24-20-12-3)33-37(17-8)25-21-13-4/h26-29,34-37H,10-25,30-33H2,1-9H3,(H,61,62)(H,63,64). The van der Waals surface area contributed by atoms with Crippen molar-refractivity contribution in [3.63, 3.8) is 0 Å². The average Bonchev–Trinajstić information content (AvgIpc) is 4.24. The van der Waals surface area contributed by atoms with E-state index in [2.05, 4.69) is 79.7 Å². The first-order valence-corrected chi connectivity index (χ1v) is 36.1. The van der Waals surface area contributed by atoms with Crippen LogP contribution in [0.25, 0.3) is 39.0 Å². The van der Waals surface area contributed by atoms with E-state index in [1.165, 1.54) is 109 Å². The van der Waals surface area contributed by atoms with Gasteiger partial charge in [0.25, 0.3) is 11.8 Å². The van der Waals surface area contributed by atoms with Gasteiger partial charge in [-0.1, -0.05) is 158 Å². The second-order valence-electron chi connectivity index (χ2n) is 21.4. The Morgan fingerprint density at radius 3 is 1.04 bits per heavy atom. The number of carboxylic acids is 2. The van der Waals surface area contributed by atoms with E-state index in [-0.39, 0.29) is 11.8 Å². The summed E-state index contributed by atoms with van der Waals surface area (Å²) < 4.78 is 0. The Morgan fingerprint density at radius 2 is 0.761 bits per heavy atom. The van der Waals surface area contributed by atoms with E-state index in [0.717, 1.165) is 105 Å². The van der Waals surface area contributed by atoms with Gasteiger partial charge in [-0.2, -0.15) is 0 Å². The molecular formula is C57H77NO6S5Si2. The van der Waals surface area contributed by atoms with Gasteiger partial charge >= 0.3 is 11.9 Å². The molecule has 2 amide bonds. The first-order chi connectivity index (χ1) is 34.2. The highest BCUT2D eigenvalue weighted by Gasteiger charge is 2.53. The number of hydrogen-bond acceptors (Lipinski definition) is 9. The molecule has 0 saturated heterocycles. The number of carbonyl (C=O) groups is 4. The Labute approximate surface area is 445 Å². The molecular weight excluding hydrogens is 1010 g/mol. The second kappa shape index (κ2) is 22.9. The minimum absolute atomic E-state index is 0.261. The number of hydrogen-bond donors (Lipinski definition) is 2. The van der Waals surface area contributed by atoms with Crippen LogP contribution in [-0.4, -0.2) is 62.1 Å². The number of unbranched alkanes of at least 4 members (excludes halogenated alkanes) is 4. The topological polar surface area (TPSA) is 112 Å². The number of imide groups is 1. The number of fused-ring (bicyclic) bond motifs is 7. The third-order valence-electron chi connectivity index (χ3n) is 16.9. The molecule has 0 aliphatic carbocycles. The van der Waals surface area contributed by atoms with Gasteiger partial charge in [0.1, 0.15) is 25.9 Å². The third kappa shape index (κ3) is 9.92. The molecule has 4 unspecified atom stereocenters. The molecule has 8 heterocycles. The lowest BCUT2D eigenvalue weighted by Gasteiger charge is -2.35. The molecule has 3 aliphatic heterocycles. The summed E-state index contributed by atoms with van der Waals surface area (Å²) in [7, 11) is -3.48. The molecule has 0 radical (unpaired) electrons. The summed E-state index contributed by atoms with van der Waals surface area (Å²) in [5.41, 5.74) is 1.01. The van der Waals surface area contributed by atoms with Crippen LogP contribution >= 0.6 is 56.7 Å². The Morgan fingerprint density at radius 1 is 0.465 bits per heavy atom. The zero-order valence-electron chi connectivity index (χ0n) is 43.8. The van der Waals surface area contributed by atoms with E-state index in [0.29, 0.717) is 44.6 Å². The fraction of sp³-hybridized carbons (Fsp3) is 0.579. The van der Waals surface area contributed by atoms with Crippen LogP contribution in [0.1, 0.15) is 198 Å². The summed E-state index contributed by atoms with van der Waals surface area (Å²) in [5, 5.41) is 26.5. The van der Waals surface area contributed by atoms with Crippen LogP contribution in [0.15, 0.2) is 24.3 Å². The number of aromatic carboxylic acids is 2. The molecule has 8 rings (SSSR count). The van der Waals surface area contributed by atoms with Gasteiger partial charge < -0.3 is 10.2 Å². The van der Waals surface area contributed by atoms with Crippen molar-refractivity contribution in [1.82, 2.24) is 4.90 Å². The minimum Gasteiger partial charge on any atom is -0.477 e. The van der Waals surface area contributed by atoms with Crippen LogP contribution < -0.4 is 20.7 Å². The van der Waals surface area contributed by atoms with Crippen molar-refractivity contribution < 1.29 is 29.4 Å². The van der Waals surface area contributed by atoms with Gasteiger partial charge in [0, 0.05) is 36.3 Å². The van der Waals surface area contributed by atoms with Crippen molar-refractivity contribution in [3.8, 4) is 39.0 Å². The summed E-state index contributed by atoms with van der Waals surface area (Å²) in [4.78, 5) is 65.2. The van der Waals surface area contributed by atoms with Crippen LogP contribution in [0.5, 0.6) is 0 Å². The number of carbonyl (C=O) groups excluding carboxylic acids is 2. The molecule has 5 aromatic heterocycles. The summed E-state index contributed by atoms with van der Waals surface area (Å²) >= 11 is 7.90. The Kier molecular flexibility index (Phi) is 17.5. The molecule has 7 nitrogen and oxygen atoms in total. The van der Waals surface area contributed by atoms with Crippen molar-refractivity contribution in [2.45, 2.75) is 182 Å². The quantitative estimate of drug-likeness (QED) is 0.0381. The molecule has 0 fully saturated rings. The molecule has 0 spiro atoms. The minimum atomic E-state index is -2.55. The van der Waals surface area contributed by atoms with E-state index in [4.69, 9.17) is 0 Å². The van der Waals surface area contributed by atoms with Crippen LogP contribution in [-0.2, 0) is 0 Å². The van der Waals surface area contributed by atoms with Crippen LogP contribution in [0.2, 0.25) is 24.2 Å². The van der Waals surface area contributed by atoms with Gasteiger partial charge in [0.05, 0.1) is 20.9 Å². The summed E-state index contributed by atoms with van der Waals surface area (Å²) in [6.07, 6.45) is 18.4. The normalized spacial score (nSPS) is 19.5. The first-order valence-electron chi connectivity index (χ1n) is 27.2. The van der Waals surface area contributed by atoms with Gasteiger partial charge in [-0.05, 0) is 92.9 Å². The highest BCUT2D eigenvalue weighted by atomic mass is 32.1. The third-order valence-corrected chi connectivity index (χ3v) is 34.9. The van der Waals surface area contributed by atoms with Gasteiger partial charge in [0.2, 0.25) is 0 Å². The lowest BCUT2D eigenvalue weighted by Crippen LogP contribution is -2.56. The molecule has 0 bridgehead atoms. The SMILES string of the molecule is CCCCC(CC)C[Si]1(CC(CC)CCCC)c2cc(C(=O)O)sc2-c2sc(-c3sc(-c4cc5c(s4)-c4sc(C(=O)O)cc4[Si]5(CC(CC)CCCC)CC(CC)CCCC)c4c3C(=O)N(C)C4=O)cc21. The number of amides is 2. The van der Waals surface area contributed by atoms with Crippen molar-refractivity contribution in [1.29, 1.82) is 0 Å². The summed E-state index contributed by atoms with van der Waals surface area (Å²) in [6, 6.07) is 13.4. The highest BCUT2D eigenvalue weighted by Crippen LogP contribution is 2.55. The molecule has 71 heavy (non-hydrogen) atoms. The van der Waals surface area contributed by atoms with Gasteiger partial charge in [-0.3, -0.25) is 14.5 Å². The predicted molar refractivity (Wildman–Crippen MR) is 310 cm³/mol. The molecule has 0 saturated carbocycles. The molecule has 384 valence electrons. The molecule has 0 aromatic carbocycles. The Bertz CT molecular complexity index is 2540. The maximum atomic E-state index is 14.6. The largest absolute Gasteiger partial charge is 0.477 e. The first kappa shape index (κ1) is 54.3. The van der Waals surface area contributed by atoms with Crippen molar-refractivity contribution in [2.24, 2.45) is 23.7 Å². The monoisotopic (exact) mass is 1090 g/mol. The molecule has 2 N–H and O–H groups in total. The zero-order valence-corrected chi connectivity index (χ0v) is 49.9. The summed E-state index contributed by atoms with van der Waals surface area (Å²) in [5.74, 6) is -0.0977. The van der Waals surface area contributed by atoms with E-state index in [1.807, 2.05) is 0 Å². The average molecular weight is 1090 g/mol. The van der Waals surface area contributed by atoms with Crippen molar-refractivity contribution in [3.05, 3.63) is 45.1 Å². The van der Waals surface area contributed by atoms with E-state index in [1.54, 1.807) is 41.1 Å². The summed E-state index contributed by atoms with van der Waals surface area (Å²) in [6.45, 7) is 18.4. The number of rotatable bonds is 28. The van der Waals surface area contributed by atoms with Crippen molar-refractivity contribution in [2.75, 3.05) is 7.05 Å². The van der Waals surface area contributed by atoms with Crippen molar-refractivity contribution >= 4 is 117 Å². The lowest BCUT2D eigenvalue weighted by molar-refractivity contribution is 0.0682. The maximum absolute atomic E-state index is 14.6. The number of thiophene rings is 5. The van der Waals surface area contributed by atoms with Gasteiger partial charge in [-0.15, -0.1) is 56.7 Å². The van der Waals surface area contributed by atoms with Crippen LogP contribution in [0.3, 0.4) is 0 Å². The molecule has 3 aliphatic rings. The molecule has 14 heteroatoms. The highest BCUT2D eigenvalue weighted by molar-refractivity contribution is 7.35. The maximum Gasteiger partial charge on any atom is 0.345 e. The van der Waals surface area contributed by atoms with E-state index in [9.17, 15) is 29.4 Å². The van der Waals surface area contributed by atoms with E-state index < -0.39 is 28.1 Å². The van der Waals surface area contributed by atoms with E-state index >= 15 is 0 Å². The Hall–Kier alpha value is -2.99. The number of carboxylic acid groups (broad SMARTS) is 2. The second-order valence-corrected chi connectivity index (χ2v) is 34.7. The number of nitrogens with zero attached hydrogens (tertiary/aromatic N) is 1. The molecule has 5 aromatic rings. The van der Waals surface area contributed by atoms with Crippen LogP contribution in [0.4, 0.5) is 0 Å². The van der Waals surface area contributed by atoms with Crippen LogP contribution in [0, 0.1) is 23.7 Å². The lowest BCUT2D eigenvalue weighted by atomic mass is 10.0. The fourth-order valence-electron chi connectivity index (χ4n) is 12.8.